The quantitative estimate of drug-likeness (QED) is 0.162. The summed E-state index contributed by atoms with van der Waals surface area (Å²) in [4.78, 5) is 0. The minimum absolute atomic E-state index is 1.18. The Labute approximate surface area is 302 Å². The third kappa shape index (κ3) is 5.75. The summed E-state index contributed by atoms with van der Waals surface area (Å²) in [6, 6.07) is 49.1. The first-order valence-corrected chi connectivity index (χ1v) is 18.4. The minimum atomic E-state index is 1.18. The summed E-state index contributed by atoms with van der Waals surface area (Å²) in [5.74, 6) is 0. The minimum Gasteiger partial charge on any atom is -0.0984 e. The summed E-state index contributed by atoms with van der Waals surface area (Å²) >= 11 is 0. The lowest BCUT2D eigenvalue weighted by molar-refractivity contribution is 0.504. The second-order valence-corrected chi connectivity index (χ2v) is 13.9. The molecule has 1 aliphatic carbocycles. The van der Waals surface area contributed by atoms with Crippen molar-refractivity contribution in [3.8, 4) is 33.4 Å². The molecule has 0 amide bonds. The van der Waals surface area contributed by atoms with Gasteiger partial charge in [0.05, 0.1) is 0 Å². The van der Waals surface area contributed by atoms with Crippen LogP contribution in [0.25, 0.3) is 88.6 Å². The normalized spacial score (nSPS) is 12.7. The highest BCUT2D eigenvalue weighted by atomic mass is 14.2. The lowest BCUT2D eigenvalue weighted by Crippen LogP contribution is -1.94. The maximum absolute atomic E-state index is 4.18. The lowest BCUT2D eigenvalue weighted by atomic mass is 9.85. The van der Waals surface area contributed by atoms with Crippen molar-refractivity contribution in [3.05, 3.63) is 168 Å². The molecule has 0 unspecified atom stereocenters. The average molecular weight is 657 g/mol. The molecule has 1 saturated carbocycles. The fraction of sp³-hybridized carbons (Fsp3) is 0.137. The Morgan fingerprint density at radius 3 is 1.57 bits per heavy atom. The number of hydrogen-bond acceptors (Lipinski definition) is 0. The van der Waals surface area contributed by atoms with Crippen molar-refractivity contribution in [1.82, 2.24) is 0 Å². The van der Waals surface area contributed by atoms with Gasteiger partial charge >= 0.3 is 0 Å². The van der Waals surface area contributed by atoms with E-state index in [9.17, 15) is 0 Å². The van der Waals surface area contributed by atoms with E-state index in [4.69, 9.17) is 0 Å². The average Bonchev–Trinajstić information content (AvgIpc) is 3.15. The largest absolute Gasteiger partial charge is 0.0984 e. The maximum atomic E-state index is 4.18. The Morgan fingerprint density at radius 1 is 0.431 bits per heavy atom. The van der Waals surface area contributed by atoms with E-state index in [1.165, 1.54) is 124 Å². The summed E-state index contributed by atoms with van der Waals surface area (Å²) in [7, 11) is 0. The molecule has 9 rings (SSSR count). The van der Waals surface area contributed by atoms with Gasteiger partial charge < -0.3 is 0 Å². The van der Waals surface area contributed by atoms with Crippen molar-refractivity contribution < 1.29 is 0 Å². The van der Waals surface area contributed by atoms with Gasteiger partial charge in [-0.1, -0.05) is 178 Å². The molecule has 1 fully saturated rings. The molecule has 0 aromatic heterocycles. The summed E-state index contributed by atoms with van der Waals surface area (Å²) in [6.45, 7) is 10.8. The molecule has 0 saturated heterocycles. The van der Waals surface area contributed by atoms with Crippen molar-refractivity contribution in [3.63, 3.8) is 0 Å². The van der Waals surface area contributed by atoms with Crippen LogP contribution in [0.15, 0.2) is 146 Å². The molecule has 1 aliphatic rings. The van der Waals surface area contributed by atoms with Gasteiger partial charge in [0.15, 0.2) is 0 Å². The van der Waals surface area contributed by atoms with Crippen LogP contribution in [0.5, 0.6) is 0 Å². The summed E-state index contributed by atoms with van der Waals surface area (Å²) in [5.41, 5.74) is 12.6. The second-order valence-electron chi connectivity index (χ2n) is 13.9. The van der Waals surface area contributed by atoms with E-state index in [2.05, 4.69) is 173 Å². The van der Waals surface area contributed by atoms with Gasteiger partial charge in [0.1, 0.15) is 0 Å². The molecular formula is C51H44. The fourth-order valence-electron chi connectivity index (χ4n) is 7.97. The number of aryl methyl sites for hydroxylation is 1. The number of benzene rings is 8. The van der Waals surface area contributed by atoms with Gasteiger partial charge in [-0.3, -0.25) is 0 Å². The number of fused-ring (bicyclic) bond motifs is 6. The SMILES string of the molecule is C1CCC1.C=Cc1c(/C=C\C)c2ccccc2c2cc(-c3ccc(-c4cccc(-c5c(C)c6ccccc6c6ccccc56)c4C)cc3)ccc12. The van der Waals surface area contributed by atoms with Crippen molar-refractivity contribution in [2.45, 2.75) is 46.5 Å². The van der Waals surface area contributed by atoms with Crippen LogP contribution in [0, 0.1) is 13.8 Å². The van der Waals surface area contributed by atoms with Gasteiger partial charge in [-0.25, -0.2) is 0 Å². The molecular weight excluding hydrogens is 613 g/mol. The second kappa shape index (κ2) is 13.9. The molecule has 248 valence electrons. The maximum Gasteiger partial charge on any atom is -0.00668 e. The number of hydrogen-bond donors (Lipinski definition) is 0. The molecule has 8 aromatic rings. The monoisotopic (exact) mass is 656 g/mol. The van der Waals surface area contributed by atoms with Crippen molar-refractivity contribution in [1.29, 1.82) is 0 Å². The fourth-order valence-corrected chi connectivity index (χ4v) is 7.97. The van der Waals surface area contributed by atoms with Crippen LogP contribution in [0.1, 0.15) is 54.9 Å². The van der Waals surface area contributed by atoms with Gasteiger partial charge in [-0.15, -0.1) is 0 Å². The number of rotatable bonds is 5. The van der Waals surface area contributed by atoms with Crippen LogP contribution < -0.4 is 0 Å². The topological polar surface area (TPSA) is 0 Å². The molecule has 0 radical (unpaired) electrons. The third-order valence-electron chi connectivity index (χ3n) is 11.0. The molecule has 8 aromatic carbocycles. The van der Waals surface area contributed by atoms with E-state index in [0.717, 1.165) is 0 Å². The van der Waals surface area contributed by atoms with E-state index >= 15 is 0 Å². The van der Waals surface area contributed by atoms with Crippen LogP contribution >= 0.6 is 0 Å². The molecule has 51 heavy (non-hydrogen) atoms. The van der Waals surface area contributed by atoms with Gasteiger partial charge in [-0.05, 0) is 126 Å². The first-order valence-electron chi connectivity index (χ1n) is 18.4. The number of allylic oxidation sites excluding steroid dienone is 1. The summed E-state index contributed by atoms with van der Waals surface area (Å²) in [5, 5.41) is 10.3. The predicted octanol–water partition coefficient (Wildman–Crippen LogP) is 15.2. The Kier molecular flexibility index (Phi) is 8.85. The van der Waals surface area contributed by atoms with E-state index in [1.54, 1.807) is 0 Å². The van der Waals surface area contributed by atoms with Gasteiger partial charge in [0.25, 0.3) is 0 Å². The predicted molar refractivity (Wildman–Crippen MR) is 226 cm³/mol. The first kappa shape index (κ1) is 32.5. The molecule has 0 nitrogen and oxygen atoms in total. The van der Waals surface area contributed by atoms with Gasteiger partial charge in [-0.2, -0.15) is 0 Å². The zero-order valence-electron chi connectivity index (χ0n) is 30.0. The Morgan fingerprint density at radius 2 is 0.941 bits per heavy atom. The zero-order valence-corrected chi connectivity index (χ0v) is 30.0. The van der Waals surface area contributed by atoms with Gasteiger partial charge in [0, 0.05) is 0 Å². The van der Waals surface area contributed by atoms with Crippen LogP contribution in [-0.2, 0) is 0 Å². The molecule has 0 heteroatoms. The first-order chi connectivity index (χ1) is 25.1. The highest BCUT2D eigenvalue weighted by molar-refractivity contribution is 6.17. The van der Waals surface area contributed by atoms with Crippen LogP contribution in [0.3, 0.4) is 0 Å². The highest BCUT2D eigenvalue weighted by Crippen LogP contribution is 2.42. The molecule has 0 bridgehead atoms. The Balaban J connectivity index is 0.000000875. The van der Waals surface area contributed by atoms with Crippen molar-refractivity contribution in [2.24, 2.45) is 0 Å². The van der Waals surface area contributed by atoms with Crippen molar-refractivity contribution >= 4 is 55.2 Å². The van der Waals surface area contributed by atoms with Crippen LogP contribution in [0.4, 0.5) is 0 Å². The molecule has 0 N–H and O–H groups in total. The molecule has 0 spiro atoms. The Hall–Kier alpha value is -5.72. The summed E-state index contributed by atoms with van der Waals surface area (Å²) in [6.07, 6.45) is 12.3. The molecule has 0 atom stereocenters. The zero-order chi connectivity index (χ0) is 34.9. The van der Waals surface area contributed by atoms with E-state index < -0.39 is 0 Å². The molecule has 0 heterocycles. The van der Waals surface area contributed by atoms with E-state index in [0.29, 0.717) is 0 Å². The Bertz CT molecular complexity index is 2600. The van der Waals surface area contributed by atoms with E-state index in [1.807, 2.05) is 6.08 Å². The highest BCUT2D eigenvalue weighted by Gasteiger charge is 2.17. The van der Waals surface area contributed by atoms with Crippen LogP contribution in [-0.4, -0.2) is 0 Å². The molecule has 0 aliphatic heterocycles. The van der Waals surface area contributed by atoms with Crippen LogP contribution in [0.2, 0.25) is 0 Å². The lowest BCUT2D eigenvalue weighted by Gasteiger charge is -2.19. The van der Waals surface area contributed by atoms with Crippen molar-refractivity contribution in [2.75, 3.05) is 0 Å². The smallest absolute Gasteiger partial charge is 0.00668 e. The third-order valence-corrected chi connectivity index (χ3v) is 11.0. The summed E-state index contributed by atoms with van der Waals surface area (Å²) < 4.78 is 0. The van der Waals surface area contributed by atoms with Gasteiger partial charge in [0.2, 0.25) is 0 Å². The van der Waals surface area contributed by atoms with E-state index in [-0.39, 0.29) is 0 Å². The standard InChI is InChI=1S/C47H36.C4H8/c1-5-14-39-35(6-2)44-28-27-34(29-46(44)43-19-10-9-17-41(39)43)32-23-25-33(26-24-32)36-21-13-22-38(30(36)3)47-31(4)37-15-7-8-16-40(37)42-18-11-12-20-45(42)47;1-2-4-3-1/h5-29H,2H2,1,3-4H3;1-4H2/b14-5-;.